The molecule has 2 aromatic heterocycles. The van der Waals surface area contributed by atoms with Gasteiger partial charge >= 0.3 is 0 Å². The average molecular weight is 425 g/mol. The molecule has 5 rings (SSSR count). The van der Waals surface area contributed by atoms with Gasteiger partial charge in [-0.25, -0.2) is 9.97 Å². The molecule has 0 atom stereocenters. The molecular formula is C26H24N4O2. The molecule has 5 aromatic rings. The first kappa shape index (κ1) is 20.0. The molecule has 160 valence electrons. The molecule has 0 saturated carbocycles. The van der Waals surface area contributed by atoms with Crippen LogP contribution < -0.4 is 0 Å². The van der Waals surface area contributed by atoms with Gasteiger partial charge in [0.1, 0.15) is 11.3 Å². The molecule has 6 heteroatoms. The fourth-order valence-electron chi connectivity index (χ4n) is 3.90. The van der Waals surface area contributed by atoms with Crippen LogP contribution in [0.15, 0.2) is 77.2 Å². The molecule has 1 amide bonds. The van der Waals surface area contributed by atoms with E-state index in [0.29, 0.717) is 29.1 Å². The van der Waals surface area contributed by atoms with Crippen LogP contribution in [0.4, 0.5) is 0 Å². The number of para-hydroxylation sites is 2. The lowest BCUT2D eigenvalue weighted by Crippen LogP contribution is -2.26. The Morgan fingerprint density at radius 2 is 1.75 bits per heavy atom. The smallest absolute Gasteiger partial charge is 0.254 e. The molecule has 0 spiro atoms. The predicted molar refractivity (Wildman–Crippen MR) is 124 cm³/mol. The number of aromatic nitrogens is 3. The highest BCUT2D eigenvalue weighted by atomic mass is 16.3. The molecule has 32 heavy (non-hydrogen) atoms. The summed E-state index contributed by atoms with van der Waals surface area (Å²) in [7, 11) is 1.78. The third-order valence-corrected chi connectivity index (χ3v) is 5.55. The van der Waals surface area contributed by atoms with Gasteiger partial charge in [-0.3, -0.25) is 4.79 Å². The Bertz CT molecular complexity index is 1340. The van der Waals surface area contributed by atoms with Crippen LogP contribution in [0.25, 0.3) is 22.1 Å². The lowest BCUT2D eigenvalue weighted by Gasteiger charge is -2.15. The zero-order valence-corrected chi connectivity index (χ0v) is 17.9. The first-order valence-electron chi connectivity index (χ1n) is 10.8. The molecule has 1 N–H and O–H groups in total. The Hall–Kier alpha value is -3.93. The van der Waals surface area contributed by atoms with Crippen molar-refractivity contribution in [2.45, 2.75) is 25.8 Å². The SMILES string of the molecule is CN(Cc1nc2ccccc2[nH]1)C(=O)c1ccc2oc(CCCc3ccccc3)nc2c1. The van der Waals surface area contributed by atoms with Crippen LogP contribution in [0.3, 0.4) is 0 Å². The maximum atomic E-state index is 13.0. The number of nitrogens with one attached hydrogen (secondary N) is 1. The molecule has 0 aliphatic heterocycles. The van der Waals surface area contributed by atoms with Crippen LogP contribution in [-0.2, 0) is 19.4 Å². The van der Waals surface area contributed by atoms with Gasteiger partial charge in [-0.2, -0.15) is 0 Å². The Morgan fingerprint density at radius 3 is 2.59 bits per heavy atom. The van der Waals surface area contributed by atoms with E-state index in [1.807, 2.05) is 36.4 Å². The summed E-state index contributed by atoms with van der Waals surface area (Å²) in [6.45, 7) is 0.398. The number of rotatable bonds is 7. The van der Waals surface area contributed by atoms with Crippen molar-refractivity contribution in [2.75, 3.05) is 7.05 Å². The second-order valence-corrected chi connectivity index (χ2v) is 7.99. The molecular weight excluding hydrogens is 400 g/mol. The first-order valence-corrected chi connectivity index (χ1v) is 10.8. The summed E-state index contributed by atoms with van der Waals surface area (Å²) < 4.78 is 5.88. The molecule has 0 radical (unpaired) electrons. The van der Waals surface area contributed by atoms with Crippen molar-refractivity contribution >= 4 is 28.0 Å². The number of nitrogens with zero attached hydrogens (tertiary/aromatic N) is 3. The molecule has 3 aromatic carbocycles. The minimum atomic E-state index is -0.0824. The summed E-state index contributed by atoms with van der Waals surface area (Å²) in [5.74, 6) is 1.38. The van der Waals surface area contributed by atoms with E-state index in [2.05, 4.69) is 39.2 Å². The summed E-state index contributed by atoms with van der Waals surface area (Å²) in [4.78, 5) is 27.0. The summed E-state index contributed by atoms with van der Waals surface area (Å²) in [6, 6.07) is 23.6. The number of aryl methyl sites for hydroxylation is 2. The van der Waals surface area contributed by atoms with E-state index in [1.165, 1.54) is 5.56 Å². The predicted octanol–water partition coefficient (Wildman–Crippen LogP) is 5.15. The number of amides is 1. The molecule has 0 aliphatic rings. The van der Waals surface area contributed by atoms with Crippen LogP contribution >= 0.6 is 0 Å². The zero-order valence-electron chi connectivity index (χ0n) is 17.9. The fraction of sp³-hybridized carbons (Fsp3) is 0.192. The summed E-state index contributed by atoms with van der Waals surface area (Å²) in [5.41, 5.74) is 5.17. The van der Waals surface area contributed by atoms with E-state index in [4.69, 9.17) is 4.42 Å². The number of carbonyl (C=O) groups excluding carboxylic acids is 1. The number of hydrogen-bond acceptors (Lipinski definition) is 4. The van der Waals surface area contributed by atoms with Gasteiger partial charge < -0.3 is 14.3 Å². The summed E-state index contributed by atoms with van der Waals surface area (Å²) >= 11 is 0. The van der Waals surface area contributed by atoms with Gasteiger partial charge in [0.15, 0.2) is 11.5 Å². The molecule has 0 unspecified atom stereocenters. The molecule has 6 nitrogen and oxygen atoms in total. The minimum Gasteiger partial charge on any atom is -0.441 e. The number of aromatic amines is 1. The van der Waals surface area contributed by atoms with E-state index in [0.717, 1.165) is 36.1 Å². The van der Waals surface area contributed by atoms with E-state index in [-0.39, 0.29) is 5.91 Å². The van der Waals surface area contributed by atoms with E-state index >= 15 is 0 Å². The number of carbonyl (C=O) groups is 1. The van der Waals surface area contributed by atoms with Crippen LogP contribution in [0, 0.1) is 0 Å². The Balaban J connectivity index is 1.25. The van der Waals surface area contributed by atoms with Gasteiger partial charge in [0.25, 0.3) is 5.91 Å². The highest BCUT2D eigenvalue weighted by Gasteiger charge is 2.16. The molecule has 0 aliphatic carbocycles. The number of hydrogen-bond donors (Lipinski definition) is 1. The maximum absolute atomic E-state index is 13.0. The first-order chi connectivity index (χ1) is 15.7. The van der Waals surface area contributed by atoms with Crippen molar-refractivity contribution in [2.24, 2.45) is 0 Å². The highest BCUT2D eigenvalue weighted by molar-refractivity contribution is 5.97. The van der Waals surface area contributed by atoms with Crippen LogP contribution in [0.2, 0.25) is 0 Å². The van der Waals surface area contributed by atoms with Crippen molar-refractivity contribution < 1.29 is 9.21 Å². The van der Waals surface area contributed by atoms with Gasteiger partial charge in [0.05, 0.1) is 17.6 Å². The molecule has 0 fully saturated rings. The lowest BCUT2D eigenvalue weighted by molar-refractivity contribution is 0.0782. The number of imidazole rings is 1. The van der Waals surface area contributed by atoms with Crippen molar-refractivity contribution in [3.63, 3.8) is 0 Å². The number of benzene rings is 3. The van der Waals surface area contributed by atoms with Crippen molar-refractivity contribution in [1.82, 2.24) is 19.9 Å². The van der Waals surface area contributed by atoms with Gasteiger partial charge in [-0.1, -0.05) is 42.5 Å². The second kappa shape index (κ2) is 8.67. The Kier molecular flexibility index (Phi) is 5.42. The van der Waals surface area contributed by atoms with E-state index in [1.54, 1.807) is 24.1 Å². The largest absolute Gasteiger partial charge is 0.441 e. The topological polar surface area (TPSA) is 75.0 Å². The van der Waals surface area contributed by atoms with Gasteiger partial charge in [0, 0.05) is 19.0 Å². The molecule has 0 bridgehead atoms. The van der Waals surface area contributed by atoms with Crippen molar-refractivity contribution in [1.29, 1.82) is 0 Å². The Morgan fingerprint density at radius 1 is 0.938 bits per heavy atom. The second-order valence-electron chi connectivity index (χ2n) is 7.99. The Labute approximate surface area is 185 Å². The van der Waals surface area contributed by atoms with Crippen molar-refractivity contribution in [3.05, 3.63) is 95.6 Å². The lowest BCUT2D eigenvalue weighted by atomic mass is 10.1. The number of oxazole rings is 1. The van der Waals surface area contributed by atoms with Gasteiger partial charge in [-0.05, 0) is 48.7 Å². The number of fused-ring (bicyclic) bond motifs is 2. The maximum Gasteiger partial charge on any atom is 0.254 e. The van der Waals surface area contributed by atoms with Crippen LogP contribution in [0.5, 0.6) is 0 Å². The third-order valence-electron chi connectivity index (χ3n) is 5.55. The zero-order chi connectivity index (χ0) is 21.9. The monoisotopic (exact) mass is 424 g/mol. The van der Waals surface area contributed by atoms with E-state index in [9.17, 15) is 4.79 Å². The quantitative estimate of drug-likeness (QED) is 0.392. The molecule has 0 saturated heterocycles. The number of H-pyrrole nitrogens is 1. The fourth-order valence-corrected chi connectivity index (χ4v) is 3.90. The van der Waals surface area contributed by atoms with Crippen molar-refractivity contribution in [3.8, 4) is 0 Å². The summed E-state index contributed by atoms with van der Waals surface area (Å²) in [5, 5.41) is 0. The molecule has 2 heterocycles. The van der Waals surface area contributed by atoms with E-state index < -0.39 is 0 Å². The third kappa shape index (κ3) is 4.25. The normalized spacial score (nSPS) is 11.3. The minimum absolute atomic E-state index is 0.0824. The van der Waals surface area contributed by atoms with Gasteiger partial charge in [0.2, 0.25) is 0 Å². The summed E-state index contributed by atoms with van der Waals surface area (Å²) in [6.07, 6.45) is 2.71. The highest BCUT2D eigenvalue weighted by Crippen LogP contribution is 2.20. The average Bonchev–Trinajstić information content (AvgIpc) is 3.41. The van der Waals surface area contributed by atoms with Gasteiger partial charge in [-0.15, -0.1) is 0 Å². The van der Waals surface area contributed by atoms with Crippen LogP contribution in [-0.4, -0.2) is 32.8 Å². The van der Waals surface area contributed by atoms with Crippen LogP contribution in [0.1, 0.15) is 34.1 Å². The standard InChI is InChI=1S/C26H24N4O2/c1-30(17-24-27-20-11-5-6-12-21(20)28-24)26(31)19-14-15-23-22(16-19)29-25(32-23)13-7-10-18-8-3-2-4-9-18/h2-6,8-9,11-12,14-16H,7,10,13,17H2,1H3,(H,27,28).